The second-order valence-electron chi connectivity index (χ2n) is 15.0. The normalized spacial score (nSPS) is 14.8. The number of aromatic nitrogens is 1. The molecule has 0 saturated carbocycles. The molecule has 0 amide bonds. The van der Waals surface area contributed by atoms with Crippen LogP contribution in [0.5, 0.6) is 0 Å². The fourth-order valence-electron chi connectivity index (χ4n) is 9.10. The molecule has 268 valence electrons. The zero-order chi connectivity index (χ0) is 37.6. The molecule has 11 aromatic rings. The van der Waals surface area contributed by atoms with E-state index >= 15 is 0 Å². The number of hydrogen-bond donors (Lipinski definition) is 0. The summed E-state index contributed by atoms with van der Waals surface area (Å²) in [5.74, 6) is 1.56. The lowest BCUT2D eigenvalue weighted by atomic mass is 9.97. The van der Waals surface area contributed by atoms with Crippen LogP contribution >= 0.6 is 0 Å². The van der Waals surface area contributed by atoms with Gasteiger partial charge in [0, 0.05) is 51.0 Å². The van der Waals surface area contributed by atoms with Gasteiger partial charge < -0.3 is 13.9 Å². The Morgan fingerprint density at radius 1 is 0.491 bits per heavy atom. The van der Waals surface area contributed by atoms with Gasteiger partial charge in [-0.05, 0) is 74.8 Å². The van der Waals surface area contributed by atoms with E-state index < -0.39 is 0 Å². The largest absolute Gasteiger partial charge is 0.456 e. The monoisotopic (exact) mass is 730 g/mol. The lowest BCUT2D eigenvalue weighted by Crippen LogP contribution is -2.35. The van der Waals surface area contributed by atoms with Crippen molar-refractivity contribution in [3.8, 4) is 5.69 Å². The highest BCUT2D eigenvalue weighted by Crippen LogP contribution is 2.44. The van der Waals surface area contributed by atoms with Crippen molar-refractivity contribution in [1.29, 1.82) is 0 Å². The van der Waals surface area contributed by atoms with Crippen molar-refractivity contribution in [2.75, 3.05) is 7.05 Å². The van der Waals surface area contributed by atoms with Gasteiger partial charge in [-0.25, -0.2) is 9.98 Å². The zero-order valence-corrected chi connectivity index (χ0v) is 31.1. The SMILES string of the molecule is CN1C(c2ccccc2)=NC(c2ccccc2)=NC1c1cc2ccc(-n3c4cc5ccccc5cc4c4c5ccccc5ccc43)cc2c2c1oc1ccccc12. The molecular formula is C52H34N4O. The molecular weight excluding hydrogens is 697 g/mol. The van der Waals surface area contributed by atoms with E-state index in [4.69, 9.17) is 14.4 Å². The Morgan fingerprint density at radius 3 is 1.96 bits per heavy atom. The molecule has 57 heavy (non-hydrogen) atoms. The predicted octanol–water partition coefficient (Wildman–Crippen LogP) is 13.0. The molecule has 3 heterocycles. The minimum atomic E-state index is -0.390. The molecule has 5 heteroatoms. The highest BCUT2D eigenvalue weighted by molar-refractivity contribution is 6.24. The molecule has 0 radical (unpaired) electrons. The summed E-state index contributed by atoms with van der Waals surface area (Å²) in [6, 6.07) is 64.8. The lowest BCUT2D eigenvalue weighted by molar-refractivity contribution is 0.382. The van der Waals surface area contributed by atoms with Crippen molar-refractivity contribution in [3.63, 3.8) is 0 Å². The molecule has 12 rings (SSSR count). The minimum Gasteiger partial charge on any atom is -0.456 e. The molecule has 1 unspecified atom stereocenters. The number of aliphatic imine (C=N–C) groups is 2. The average molecular weight is 731 g/mol. The van der Waals surface area contributed by atoms with Crippen molar-refractivity contribution >= 4 is 87.7 Å². The van der Waals surface area contributed by atoms with Crippen LogP contribution in [0.1, 0.15) is 22.9 Å². The molecule has 0 aliphatic carbocycles. The third-order valence-corrected chi connectivity index (χ3v) is 11.8. The van der Waals surface area contributed by atoms with Crippen LogP contribution in [0.3, 0.4) is 0 Å². The van der Waals surface area contributed by atoms with Gasteiger partial charge in [0.05, 0.1) is 11.0 Å². The first-order valence-corrected chi connectivity index (χ1v) is 19.4. The van der Waals surface area contributed by atoms with Gasteiger partial charge in [-0.15, -0.1) is 0 Å². The van der Waals surface area contributed by atoms with Crippen molar-refractivity contribution in [1.82, 2.24) is 9.47 Å². The predicted molar refractivity (Wildman–Crippen MR) is 237 cm³/mol. The fraction of sp³-hybridized carbons (Fsp3) is 0.0385. The number of benzene rings is 9. The highest BCUT2D eigenvalue weighted by atomic mass is 16.3. The van der Waals surface area contributed by atoms with Crippen LogP contribution < -0.4 is 0 Å². The van der Waals surface area contributed by atoms with Crippen LogP contribution in [0.15, 0.2) is 196 Å². The van der Waals surface area contributed by atoms with Crippen LogP contribution in [0, 0.1) is 0 Å². The first-order valence-electron chi connectivity index (χ1n) is 19.4. The summed E-state index contributed by atoms with van der Waals surface area (Å²) >= 11 is 0. The molecule has 1 aliphatic heterocycles. The van der Waals surface area contributed by atoms with Gasteiger partial charge in [0.1, 0.15) is 17.0 Å². The third-order valence-electron chi connectivity index (χ3n) is 11.8. The van der Waals surface area contributed by atoms with Gasteiger partial charge in [-0.3, -0.25) is 0 Å². The topological polar surface area (TPSA) is 46.0 Å². The third kappa shape index (κ3) is 4.82. The maximum Gasteiger partial charge on any atom is 0.159 e. The number of rotatable bonds is 4. The standard InChI is InChI=1S/C52H34N4O/c1-55-51(34-17-6-3-7-18-34)53-50(33-15-4-2-5-16-33)54-52(55)43-29-37-24-26-38(31-41(37)48-40-22-12-13-23-46(40)57-49(43)48)56-44-27-25-32-14-10-11-21-39(32)47(44)42-28-35-19-8-9-20-36(35)30-45(42)56/h2-31,52H,1H3. The second kappa shape index (κ2) is 12.3. The zero-order valence-electron chi connectivity index (χ0n) is 31.1. The maximum atomic E-state index is 6.90. The van der Waals surface area contributed by atoms with Gasteiger partial charge in [0.15, 0.2) is 12.0 Å². The molecule has 0 bridgehead atoms. The Hall–Kier alpha value is -7.50. The molecule has 9 aromatic carbocycles. The van der Waals surface area contributed by atoms with Crippen molar-refractivity contribution in [3.05, 3.63) is 199 Å². The van der Waals surface area contributed by atoms with Crippen LogP contribution in [-0.2, 0) is 0 Å². The van der Waals surface area contributed by atoms with E-state index in [0.717, 1.165) is 60.9 Å². The van der Waals surface area contributed by atoms with Crippen molar-refractivity contribution < 1.29 is 4.42 Å². The van der Waals surface area contributed by atoms with E-state index in [1.54, 1.807) is 0 Å². The van der Waals surface area contributed by atoms with Gasteiger partial charge in [-0.1, -0.05) is 140 Å². The van der Waals surface area contributed by atoms with E-state index in [2.05, 4.69) is 168 Å². The number of fused-ring (bicyclic) bond motifs is 11. The molecule has 0 saturated heterocycles. The summed E-state index contributed by atoms with van der Waals surface area (Å²) in [7, 11) is 2.08. The van der Waals surface area contributed by atoms with Gasteiger partial charge >= 0.3 is 0 Å². The Bertz CT molecular complexity index is 3480. The Kier molecular flexibility index (Phi) is 6.84. The average Bonchev–Trinajstić information content (AvgIpc) is 3.82. The number of nitrogens with zero attached hydrogens (tertiary/aromatic N) is 4. The summed E-state index contributed by atoms with van der Waals surface area (Å²) in [4.78, 5) is 12.7. The molecule has 0 fully saturated rings. The van der Waals surface area contributed by atoms with Crippen molar-refractivity contribution in [2.24, 2.45) is 9.98 Å². The van der Waals surface area contributed by atoms with Crippen LogP contribution in [0.4, 0.5) is 0 Å². The first kappa shape index (κ1) is 31.8. The Morgan fingerprint density at radius 2 is 1.16 bits per heavy atom. The Labute approximate surface area is 328 Å². The smallest absolute Gasteiger partial charge is 0.159 e. The van der Waals surface area contributed by atoms with Gasteiger partial charge in [0.25, 0.3) is 0 Å². The molecule has 1 atom stereocenters. The highest BCUT2D eigenvalue weighted by Gasteiger charge is 2.30. The van der Waals surface area contributed by atoms with E-state index in [1.165, 1.54) is 43.4 Å². The van der Waals surface area contributed by atoms with E-state index in [-0.39, 0.29) is 6.17 Å². The molecule has 2 aromatic heterocycles. The van der Waals surface area contributed by atoms with Gasteiger partial charge in [-0.2, -0.15) is 0 Å². The second-order valence-corrected chi connectivity index (χ2v) is 15.0. The van der Waals surface area contributed by atoms with E-state index in [0.29, 0.717) is 5.84 Å². The van der Waals surface area contributed by atoms with E-state index in [9.17, 15) is 0 Å². The minimum absolute atomic E-state index is 0.390. The number of para-hydroxylation sites is 1. The van der Waals surface area contributed by atoms with Crippen LogP contribution in [0.2, 0.25) is 0 Å². The summed E-state index contributed by atoms with van der Waals surface area (Å²) in [6.45, 7) is 0. The molecule has 0 spiro atoms. The molecule has 5 nitrogen and oxygen atoms in total. The first-order chi connectivity index (χ1) is 28.2. The number of furan rings is 1. The summed E-state index contributed by atoms with van der Waals surface area (Å²) in [6.07, 6.45) is -0.390. The fourth-order valence-corrected chi connectivity index (χ4v) is 9.10. The summed E-state index contributed by atoms with van der Waals surface area (Å²) in [5.41, 5.74) is 8.16. The van der Waals surface area contributed by atoms with E-state index in [1.807, 2.05) is 30.3 Å². The lowest BCUT2D eigenvalue weighted by Gasteiger charge is -2.32. The van der Waals surface area contributed by atoms with Crippen molar-refractivity contribution in [2.45, 2.75) is 6.17 Å². The summed E-state index contributed by atoms with van der Waals surface area (Å²) in [5, 5.41) is 11.9. The summed E-state index contributed by atoms with van der Waals surface area (Å²) < 4.78 is 9.34. The maximum absolute atomic E-state index is 6.90. The van der Waals surface area contributed by atoms with Crippen LogP contribution in [-0.4, -0.2) is 28.2 Å². The van der Waals surface area contributed by atoms with Gasteiger partial charge in [0.2, 0.25) is 0 Å². The number of hydrogen-bond acceptors (Lipinski definition) is 4. The molecule has 0 N–H and O–H groups in total. The number of amidine groups is 2. The Balaban J connectivity index is 1.13. The quantitative estimate of drug-likeness (QED) is 0.181. The molecule has 1 aliphatic rings. The van der Waals surface area contributed by atoms with Crippen LogP contribution in [0.25, 0.3) is 81.7 Å².